The summed E-state index contributed by atoms with van der Waals surface area (Å²) >= 11 is 6.24. The molecule has 2 aromatic rings. The van der Waals surface area contributed by atoms with Gasteiger partial charge in [0.25, 0.3) is 6.43 Å². The third kappa shape index (κ3) is 2.92. The minimum atomic E-state index is -2.94. The molecule has 0 saturated heterocycles. The minimum Gasteiger partial charge on any atom is -0.479 e. The molecule has 1 aliphatic heterocycles. The summed E-state index contributed by atoms with van der Waals surface area (Å²) in [5, 5.41) is 9.45. The van der Waals surface area contributed by atoms with Crippen LogP contribution in [0, 0.1) is 0 Å². The number of ether oxygens (including phenoxy) is 1. The molecule has 0 radical (unpaired) electrons. The highest BCUT2D eigenvalue weighted by Gasteiger charge is 2.35. The predicted molar refractivity (Wildman–Crippen MR) is 82.9 cm³/mol. The maximum Gasteiger partial charge on any atom is 0.335 e. The van der Waals surface area contributed by atoms with Crippen molar-refractivity contribution in [2.24, 2.45) is 0 Å². The maximum atomic E-state index is 13.1. The highest BCUT2D eigenvalue weighted by Crippen LogP contribution is 2.39. The summed E-state index contributed by atoms with van der Waals surface area (Å²) in [6.07, 6.45) is -3.57. The van der Waals surface area contributed by atoms with E-state index in [1.54, 1.807) is 6.07 Å². The molecular weight excluding hydrogens is 326 g/mol. The smallest absolute Gasteiger partial charge is 0.335 e. The molecule has 3 rings (SSSR count). The van der Waals surface area contributed by atoms with Crippen LogP contribution >= 0.6 is 11.6 Å². The number of fused-ring (bicyclic) bond motifs is 1. The van der Waals surface area contributed by atoms with E-state index < -0.39 is 24.1 Å². The van der Waals surface area contributed by atoms with Gasteiger partial charge in [0.05, 0.1) is 5.57 Å². The molecule has 0 fully saturated rings. The van der Waals surface area contributed by atoms with E-state index in [2.05, 4.69) is 0 Å². The molecule has 0 spiro atoms. The van der Waals surface area contributed by atoms with E-state index in [0.29, 0.717) is 16.1 Å². The van der Waals surface area contributed by atoms with Crippen molar-refractivity contribution in [2.45, 2.75) is 12.5 Å². The van der Waals surface area contributed by atoms with Crippen LogP contribution in [0.1, 0.15) is 5.56 Å². The van der Waals surface area contributed by atoms with Crippen LogP contribution in [0.2, 0.25) is 5.02 Å². The third-order valence-corrected chi connectivity index (χ3v) is 3.84. The lowest BCUT2D eigenvalue weighted by molar-refractivity contribution is -0.134. The van der Waals surface area contributed by atoms with Crippen molar-refractivity contribution in [2.75, 3.05) is 0 Å². The predicted octanol–water partition coefficient (Wildman–Crippen LogP) is 4.50. The van der Waals surface area contributed by atoms with Crippen molar-refractivity contribution < 1.29 is 23.4 Å². The van der Waals surface area contributed by atoms with E-state index in [4.69, 9.17) is 21.4 Å². The van der Waals surface area contributed by atoms with Crippen LogP contribution in [0.15, 0.2) is 48.0 Å². The summed E-state index contributed by atoms with van der Waals surface area (Å²) in [4.78, 5) is 11.1. The second-order valence-electron chi connectivity index (χ2n) is 5.01. The fourth-order valence-corrected chi connectivity index (χ4v) is 2.72. The molecular formula is C17H11ClF2O3. The number of carbonyl (C=O) groups is 1. The van der Waals surface area contributed by atoms with Crippen LogP contribution in [0.3, 0.4) is 0 Å². The van der Waals surface area contributed by atoms with E-state index in [9.17, 15) is 13.6 Å². The Morgan fingerprint density at radius 1 is 1.22 bits per heavy atom. The molecule has 23 heavy (non-hydrogen) atoms. The molecule has 0 aliphatic carbocycles. The number of benzene rings is 2. The standard InChI is InChI=1S/C17H11ClF2O3/c18-13-7-10-6-12(17(21)22)15(16(19)20)23-14(10)8-11(13)9-4-2-1-3-5-9/h1-8,15-16H,(H,21,22). The Balaban J connectivity index is 2.12. The molecule has 3 nitrogen and oxygen atoms in total. The summed E-state index contributed by atoms with van der Waals surface area (Å²) in [7, 11) is 0. The number of carboxylic acid groups (broad SMARTS) is 1. The van der Waals surface area contributed by atoms with Crippen molar-refractivity contribution in [1.82, 2.24) is 0 Å². The number of aliphatic carboxylic acids is 1. The van der Waals surface area contributed by atoms with Gasteiger partial charge in [0, 0.05) is 16.1 Å². The monoisotopic (exact) mass is 336 g/mol. The second-order valence-corrected chi connectivity index (χ2v) is 5.42. The average Bonchev–Trinajstić information content (AvgIpc) is 2.53. The van der Waals surface area contributed by atoms with Gasteiger partial charge in [-0.25, -0.2) is 13.6 Å². The fraction of sp³-hybridized carbons (Fsp3) is 0.118. The largest absolute Gasteiger partial charge is 0.479 e. The van der Waals surface area contributed by atoms with E-state index in [1.165, 1.54) is 12.1 Å². The number of carboxylic acids is 1. The fourth-order valence-electron chi connectivity index (χ4n) is 2.44. The lowest BCUT2D eigenvalue weighted by Gasteiger charge is -2.25. The second kappa shape index (κ2) is 6.01. The van der Waals surface area contributed by atoms with Gasteiger partial charge in [0.15, 0.2) is 6.10 Å². The van der Waals surface area contributed by atoms with Gasteiger partial charge in [0.2, 0.25) is 0 Å². The summed E-state index contributed by atoms with van der Waals surface area (Å²) in [6.45, 7) is 0. The van der Waals surface area contributed by atoms with E-state index in [-0.39, 0.29) is 5.75 Å². The maximum absolute atomic E-state index is 13.1. The molecule has 0 amide bonds. The van der Waals surface area contributed by atoms with Crippen molar-refractivity contribution >= 4 is 23.6 Å². The summed E-state index contributed by atoms with van der Waals surface area (Å²) < 4.78 is 31.4. The van der Waals surface area contributed by atoms with Gasteiger partial charge in [-0.2, -0.15) is 0 Å². The first-order chi connectivity index (χ1) is 11.0. The topological polar surface area (TPSA) is 46.5 Å². The quantitative estimate of drug-likeness (QED) is 0.897. The summed E-state index contributed by atoms with van der Waals surface area (Å²) in [6, 6.07) is 12.2. The molecule has 2 aromatic carbocycles. The Morgan fingerprint density at radius 3 is 2.52 bits per heavy atom. The van der Waals surface area contributed by atoms with Gasteiger partial charge < -0.3 is 9.84 Å². The normalized spacial score (nSPS) is 16.5. The van der Waals surface area contributed by atoms with E-state index >= 15 is 0 Å². The molecule has 0 bridgehead atoms. The third-order valence-electron chi connectivity index (χ3n) is 3.53. The number of hydrogen-bond acceptors (Lipinski definition) is 2. The van der Waals surface area contributed by atoms with Gasteiger partial charge in [-0.15, -0.1) is 0 Å². The van der Waals surface area contributed by atoms with Crippen LogP contribution < -0.4 is 4.74 Å². The van der Waals surface area contributed by atoms with Crippen molar-refractivity contribution in [3.63, 3.8) is 0 Å². The number of hydrogen-bond donors (Lipinski definition) is 1. The molecule has 0 aromatic heterocycles. The molecule has 1 unspecified atom stereocenters. The van der Waals surface area contributed by atoms with Gasteiger partial charge in [-0.05, 0) is 23.8 Å². The Kier molecular flexibility index (Phi) is 4.05. The molecule has 6 heteroatoms. The van der Waals surface area contributed by atoms with Crippen LogP contribution in [0.5, 0.6) is 5.75 Å². The Hall–Kier alpha value is -2.40. The Bertz CT molecular complexity index is 788. The Morgan fingerprint density at radius 2 is 1.91 bits per heavy atom. The van der Waals surface area contributed by atoms with Crippen molar-refractivity contribution in [3.05, 3.63) is 58.6 Å². The number of halogens is 3. The average molecular weight is 337 g/mol. The van der Waals surface area contributed by atoms with Gasteiger partial charge in [-0.3, -0.25) is 0 Å². The molecule has 0 saturated carbocycles. The zero-order valence-electron chi connectivity index (χ0n) is 11.7. The lowest BCUT2D eigenvalue weighted by atomic mass is 9.98. The number of alkyl halides is 2. The first-order valence-corrected chi connectivity index (χ1v) is 7.14. The zero-order chi connectivity index (χ0) is 16.6. The minimum absolute atomic E-state index is 0.184. The molecule has 1 N–H and O–H groups in total. The van der Waals surface area contributed by atoms with Crippen molar-refractivity contribution in [1.29, 1.82) is 0 Å². The molecule has 1 heterocycles. The molecule has 118 valence electrons. The van der Waals surface area contributed by atoms with Crippen LogP contribution in [0.4, 0.5) is 8.78 Å². The number of rotatable bonds is 3. The van der Waals surface area contributed by atoms with Gasteiger partial charge >= 0.3 is 5.97 Å². The first kappa shape index (κ1) is 15.5. The van der Waals surface area contributed by atoms with E-state index in [0.717, 1.165) is 5.56 Å². The zero-order valence-corrected chi connectivity index (χ0v) is 12.4. The molecule has 1 aliphatic rings. The van der Waals surface area contributed by atoms with Crippen LogP contribution in [-0.2, 0) is 4.79 Å². The highest BCUT2D eigenvalue weighted by molar-refractivity contribution is 6.33. The highest BCUT2D eigenvalue weighted by atomic mass is 35.5. The van der Waals surface area contributed by atoms with Crippen LogP contribution in [-0.4, -0.2) is 23.6 Å². The van der Waals surface area contributed by atoms with E-state index in [1.807, 2.05) is 30.3 Å². The van der Waals surface area contributed by atoms with Crippen LogP contribution in [0.25, 0.3) is 17.2 Å². The van der Waals surface area contributed by atoms with Crippen molar-refractivity contribution in [3.8, 4) is 16.9 Å². The van der Waals surface area contributed by atoms with Gasteiger partial charge in [0.1, 0.15) is 5.75 Å². The summed E-state index contributed by atoms with van der Waals surface area (Å²) in [5.41, 5.74) is 1.32. The Labute approximate surface area is 135 Å². The lowest BCUT2D eigenvalue weighted by Crippen LogP contribution is -2.33. The summed E-state index contributed by atoms with van der Waals surface area (Å²) in [5.74, 6) is -1.26. The molecule has 1 atom stereocenters. The SMILES string of the molecule is O=C(O)C1=Cc2cc(Cl)c(-c3ccccc3)cc2OC1C(F)F. The van der Waals surface area contributed by atoms with Gasteiger partial charge in [-0.1, -0.05) is 41.9 Å². The first-order valence-electron chi connectivity index (χ1n) is 6.76.